The lowest BCUT2D eigenvalue weighted by Gasteiger charge is -2.36. The molecular weight excluding hydrogens is 216 g/mol. The van der Waals surface area contributed by atoms with Gasteiger partial charge in [0, 0.05) is 0 Å². The summed E-state index contributed by atoms with van der Waals surface area (Å²) >= 11 is 0. The second-order valence-electron chi connectivity index (χ2n) is 6.50. The van der Waals surface area contributed by atoms with Gasteiger partial charge in [0.2, 0.25) is 0 Å². The van der Waals surface area contributed by atoms with E-state index < -0.39 is 8.32 Å². The minimum atomic E-state index is -1.60. The molecule has 1 saturated heterocycles. The lowest BCUT2D eigenvalue weighted by Crippen LogP contribution is -2.41. The lowest BCUT2D eigenvalue weighted by molar-refractivity contribution is 0.304. The van der Waals surface area contributed by atoms with Crippen molar-refractivity contribution in [1.29, 1.82) is 0 Å². The molecule has 1 aliphatic carbocycles. The Bertz CT molecular complexity index is 302. The molecule has 0 bridgehead atoms. The molecular formula is C13H24O2Si. The molecule has 2 atom stereocenters. The number of hydrogen-bond acceptors (Lipinski definition) is 2. The number of allylic oxidation sites excluding steroid dienone is 1. The summed E-state index contributed by atoms with van der Waals surface area (Å²) < 4.78 is 11.8. The molecule has 0 N–H and O–H groups in total. The highest BCUT2D eigenvalue weighted by atomic mass is 28.4. The Hall–Kier alpha value is -0.123. The van der Waals surface area contributed by atoms with Gasteiger partial charge in [-0.15, -0.1) is 0 Å². The highest BCUT2D eigenvalue weighted by Crippen LogP contribution is 2.40. The number of rotatable bonds is 3. The summed E-state index contributed by atoms with van der Waals surface area (Å²) in [5, 5.41) is 0.298. The van der Waals surface area contributed by atoms with E-state index in [1.165, 1.54) is 12.0 Å². The summed E-state index contributed by atoms with van der Waals surface area (Å²) in [6.07, 6.45) is 5.61. The minimum Gasteiger partial charge on any atom is -0.413 e. The second-order valence-corrected chi connectivity index (χ2v) is 11.3. The van der Waals surface area contributed by atoms with E-state index in [1.54, 1.807) is 0 Å². The Kier molecular flexibility index (Phi) is 3.06. The van der Waals surface area contributed by atoms with Crippen LogP contribution in [0.15, 0.2) is 11.6 Å². The fourth-order valence-corrected chi connectivity index (χ4v) is 2.82. The van der Waals surface area contributed by atoms with Crippen molar-refractivity contribution in [1.82, 2.24) is 0 Å². The molecule has 1 fully saturated rings. The smallest absolute Gasteiger partial charge is 0.192 e. The van der Waals surface area contributed by atoms with Crippen LogP contribution in [0, 0.1) is 0 Å². The van der Waals surface area contributed by atoms with E-state index >= 15 is 0 Å². The number of epoxide rings is 1. The van der Waals surface area contributed by atoms with Gasteiger partial charge < -0.3 is 9.16 Å². The molecule has 0 spiro atoms. The van der Waals surface area contributed by atoms with Crippen molar-refractivity contribution < 1.29 is 9.16 Å². The van der Waals surface area contributed by atoms with Crippen LogP contribution in [0.4, 0.5) is 0 Å². The van der Waals surface area contributed by atoms with Crippen LogP contribution in [0.25, 0.3) is 0 Å². The van der Waals surface area contributed by atoms with Gasteiger partial charge >= 0.3 is 0 Å². The lowest BCUT2D eigenvalue weighted by atomic mass is 10.0. The molecule has 2 unspecified atom stereocenters. The molecule has 0 aromatic heterocycles. The molecule has 2 rings (SSSR count). The normalized spacial score (nSPS) is 29.7. The molecule has 2 aliphatic rings. The molecule has 1 heterocycles. The summed E-state index contributed by atoms with van der Waals surface area (Å²) in [6, 6.07) is 0. The number of fused-ring (bicyclic) bond motifs is 1. The first-order chi connectivity index (χ1) is 7.31. The number of hydrogen-bond donors (Lipinski definition) is 0. The van der Waals surface area contributed by atoms with E-state index in [1.807, 2.05) is 0 Å². The molecule has 0 radical (unpaired) electrons. The molecule has 0 aromatic rings. The first-order valence-electron chi connectivity index (χ1n) is 6.29. The van der Waals surface area contributed by atoms with Gasteiger partial charge in [-0.1, -0.05) is 26.8 Å². The summed E-state index contributed by atoms with van der Waals surface area (Å²) in [6.45, 7) is 12.3. The third-order valence-electron chi connectivity index (χ3n) is 4.21. The van der Waals surface area contributed by atoms with Gasteiger partial charge in [-0.05, 0) is 36.5 Å². The second kappa shape index (κ2) is 3.97. The van der Waals surface area contributed by atoms with Crippen molar-refractivity contribution >= 4 is 8.32 Å². The van der Waals surface area contributed by atoms with Crippen molar-refractivity contribution in [3.05, 3.63) is 11.6 Å². The van der Waals surface area contributed by atoms with Crippen LogP contribution >= 0.6 is 0 Å². The average molecular weight is 240 g/mol. The minimum absolute atomic E-state index is 0.298. The van der Waals surface area contributed by atoms with Crippen LogP contribution in [-0.2, 0) is 9.16 Å². The monoisotopic (exact) mass is 240 g/mol. The molecule has 0 aromatic carbocycles. The van der Waals surface area contributed by atoms with Crippen LogP contribution < -0.4 is 0 Å². The summed E-state index contributed by atoms with van der Waals surface area (Å²) in [5.41, 5.74) is 1.39. The van der Waals surface area contributed by atoms with E-state index in [0.29, 0.717) is 17.2 Å². The maximum absolute atomic E-state index is 6.22. The highest BCUT2D eigenvalue weighted by Gasteiger charge is 2.44. The fraction of sp³-hybridized carbons (Fsp3) is 0.846. The van der Waals surface area contributed by atoms with E-state index in [9.17, 15) is 0 Å². The van der Waals surface area contributed by atoms with Crippen LogP contribution in [0.2, 0.25) is 18.1 Å². The SMILES string of the molecule is CC(C)(C)[Si](C)(C)OCC1=CCCC2OC12. The quantitative estimate of drug-likeness (QED) is 0.428. The molecule has 2 nitrogen and oxygen atoms in total. The Morgan fingerprint density at radius 1 is 1.44 bits per heavy atom. The van der Waals surface area contributed by atoms with Crippen molar-refractivity contribution in [3.63, 3.8) is 0 Å². The van der Waals surface area contributed by atoms with E-state index in [2.05, 4.69) is 39.9 Å². The summed E-state index contributed by atoms with van der Waals surface area (Å²) in [4.78, 5) is 0. The summed E-state index contributed by atoms with van der Waals surface area (Å²) in [7, 11) is -1.60. The van der Waals surface area contributed by atoms with Gasteiger partial charge in [0.15, 0.2) is 8.32 Å². The van der Waals surface area contributed by atoms with Crippen LogP contribution in [-0.4, -0.2) is 27.1 Å². The Labute approximate surface area is 100 Å². The van der Waals surface area contributed by atoms with Crippen molar-refractivity contribution in [3.8, 4) is 0 Å². The summed E-state index contributed by atoms with van der Waals surface area (Å²) in [5.74, 6) is 0. The molecule has 1 aliphatic heterocycles. The third-order valence-corrected chi connectivity index (χ3v) is 8.69. The Morgan fingerprint density at radius 2 is 2.12 bits per heavy atom. The Balaban J connectivity index is 1.90. The molecule has 0 saturated carbocycles. The average Bonchev–Trinajstić information content (AvgIpc) is 2.91. The fourth-order valence-electron chi connectivity index (χ4n) is 1.86. The largest absolute Gasteiger partial charge is 0.413 e. The van der Waals surface area contributed by atoms with E-state index in [4.69, 9.17) is 9.16 Å². The van der Waals surface area contributed by atoms with Gasteiger partial charge in [-0.3, -0.25) is 0 Å². The van der Waals surface area contributed by atoms with Crippen LogP contribution in [0.5, 0.6) is 0 Å². The van der Waals surface area contributed by atoms with Gasteiger partial charge in [-0.25, -0.2) is 0 Å². The zero-order valence-electron chi connectivity index (χ0n) is 11.2. The van der Waals surface area contributed by atoms with E-state index in [0.717, 1.165) is 13.0 Å². The Morgan fingerprint density at radius 3 is 2.75 bits per heavy atom. The zero-order chi connectivity index (χ0) is 12.0. The predicted molar refractivity (Wildman–Crippen MR) is 69.1 cm³/mol. The van der Waals surface area contributed by atoms with Crippen LogP contribution in [0.3, 0.4) is 0 Å². The maximum atomic E-state index is 6.22. The number of ether oxygens (including phenoxy) is 1. The van der Waals surface area contributed by atoms with Crippen molar-refractivity contribution in [2.75, 3.05) is 6.61 Å². The highest BCUT2D eigenvalue weighted by molar-refractivity contribution is 6.74. The van der Waals surface area contributed by atoms with Gasteiger partial charge in [0.1, 0.15) is 6.10 Å². The predicted octanol–water partition coefficient (Wildman–Crippen LogP) is 3.50. The van der Waals surface area contributed by atoms with Crippen molar-refractivity contribution in [2.24, 2.45) is 0 Å². The third kappa shape index (κ3) is 2.41. The van der Waals surface area contributed by atoms with E-state index in [-0.39, 0.29) is 0 Å². The van der Waals surface area contributed by atoms with Gasteiger partial charge in [0.25, 0.3) is 0 Å². The molecule has 0 amide bonds. The molecule has 3 heteroatoms. The standard InChI is InChI=1S/C13H24O2Si/c1-13(2,3)16(4,5)14-9-10-7-6-8-11-12(10)15-11/h7,11-12H,6,8-9H2,1-5H3. The topological polar surface area (TPSA) is 21.8 Å². The van der Waals surface area contributed by atoms with Crippen molar-refractivity contribution in [2.45, 2.75) is 64.0 Å². The van der Waals surface area contributed by atoms with Gasteiger partial charge in [-0.2, -0.15) is 0 Å². The first-order valence-corrected chi connectivity index (χ1v) is 9.20. The molecule has 92 valence electrons. The first kappa shape index (κ1) is 12.3. The zero-order valence-corrected chi connectivity index (χ0v) is 12.2. The van der Waals surface area contributed by atoms with Crippen LogP contribution in [0.1, 0.15) is 33.6 Å². The maximum Gasteiger partial charge on any atom is 0.192 e. The molecule has 16 heavy (non-hydrogen) atoms. The van der Waals surface area contributed by atoms with Gasteiger partial charge in [0.05, 0.1) is 12.7 Å².